The molecule has 1 fully saturated rings. The van der Waals surface area contributed by atoms with E-state index < -0.39 is 21.9 Å². The number of amides is 1. The number of thiophene rings is 1. The van der Waals surface area contributed by atoms with Gasteiger partial charge in [0.05, 0.1) is 11.5 Å². The van der Waals surface area contributed by atoms with Crippen molar-refractivity contribution in [1.82, 2.24) is 4.90 Å². The van der Waals surface area contributed by atoms with Crippen LogP contribution in [-0.2, 0) is 32.2 Å². The molecule has 1 saturated heterocycles. The predicted octanol–water partition coefficient (Wildman–Crippen LogP) is 1.82. The summed E-state index contributed by atoms with van der Waals surface area (Å²) in [6, 6.07) is 1.54. The molecule has 8 heteroatoms. The molecule has 138 valence electrons. The summed E-state index contributed by atoms with van der Waals surface area (Å²) in [6.45, 7) is 1.54. The minimum Gasteiger partial charge on any atom is -0.448 e. The van der Waals surface area contributed by atoms with Crippen LogP contribution in [0, 0.1) is 0 Å². The molecule has 2 heterocycles. The Kier molecular flexibility index (Phi) is 5.20. The predicted molar refractivity (Wildman–Crippen MR) is 95.7 cm³/mol. The molecule has 25 heavy (non-hydrogen) atoms. The van der Waals surface area contributed by atoms with E-state index >= 15 is 0 Å². The number of ether oxygens (including phenoxy) is 1. The Morgan fingerprint density at radius 2 is 2.04 bits per heavy atom. The third-order valence-electron chi connectivity index (χ3n) is 4.93. The summed E-state index contributed by atoms with van der Waals surface area (Å²) in [5.41, 5.74) is 1.22. The standard InChI is InChI=1S/C17H23NO5S2/c1-11(16(19)18(2)13-7-8-25(21,22)10-13)23-17(20)15-9-12-5-3-4-6-14(12)24-15/h9,11,13H,3-8,10H2,1-2H3/t11-,13-/m1/s1. The Bertz CT molecular complexity index is 759. The summed E-state index contributed by atoms with van der Waals surface area (Å²) in [5.74, 6) is -0.762. The molecule has 0 unspecified atom stereocenters. The number of carbonyl (C=O) groups excluding carboxylic acids is 2. The van der Waals surface area contributed by atoms with Gasteiger partial charge in [0.15, 0.2) is 15.9 Å². The largest absolute Gasteiger partial charge is 0.448 e. The number of hydrogen-bond acceptors (Lipinski definition) is 6. The van der Waals surface area contributed by atoms with Crippen LogP contribution < -0.4 is 0 Å². The third kappa shape index (κ3) is 4.06. The maximum Gasteiger partial charge on any atom is 0.349 e. The lowest BCUT2D eigenvalue weighted by Crippen LogP contribution is -2.44. The van der Waals surface area contributed by atoms with Gasteiger partial charge in [0.2, 0.25) is 0 Å². The highest BCUT2D eigenvalue weighted by Gasteiger charge is 2.35. The second-order valence-corrected chi connectivity index (χ2v) is 10.2. The number of hydrogen-bond donors (Lipinski definition) is 0. The Labute approximate surface area is 152 Å². The quantitative estimate of drug-likeness (QED) is 0.739. The Balaban J connectivity index is 1.61. The zero-order valence-electron chi connectivity index (χ0n) is 14.5. The van der Waals surface area contributed by atoms with Gasteiger partial charge in [-0.05, 0) is 50.7 Å². The van der Waals surface area contributed by atoms with Gasteiger partial charge in [-0.15, -0.1) is 11.3 Å². The maximum absolute atomic E-state index is 12.5. The highest BCUT2D eigenvalue weighted by molar-refractivity contribution is 7.91. The van der Waals surface area contributed by atoms with Crippen LogP contribution in [0.1, 0.15) is 46.3 Å². The van der Waals surface area contributed by atoms with E-state index in [4.69, 9.17) is 4.74 Å². The Morgan fingerprint density at radius 1 is 1.32 bits per heavy atom. The number of aryl methyl sites for hydroxylation is 2. The molecule has 0 aromatic carbocycles. The average Bonchev–Trinajstić information content (AvgIpc) is 3.16. The molecule has 0 saturated carbocycles. The van der Waals surface area contributed by atoms with Gasteiger partial charge in [0.25, 0.3) is 5.91 Å². The van der Waals surface area contributed by atoms with Crippen molar-refractivity contribution in [3.05, 3.63) is 21.4 Å². The van der Waals surface area contributed by atoms with Crippen molar-refractivity contribution in [1.29, 1.82) is 0 Å². The van der Waals surface area contributed by atoms with Crippen LogP contribution >= 0.6 is 11.3 Å². The van der Waals surface area contributed by atoms with E-state index in [-0.39, 0.29) is 23.5 Å². The lowest BCUT2D eigenvalue weighted by atomic mass is 9.99. The Hall–Kier alpha value is -1.41. The van der Waals surface area contributed by atoms with E-state index in [1.807, 2.05) is 6.07 Å². The maximum atomic E-state index is 12.5. The fourth-order valence-electron chi connectivity index (χ4n) is 3.41. The average molecular weight is 386 g/mol. The van der Waals surface area contributed by atoms with Gasteiger partial charge in [0, 0.05) is 18.0 Å². The van der Waals surface area contributed by atoms with E-state index in [1.54, 1.807) is 7.05 Å². The monoisotopic (exact) mass is 385 g/mol. The molecule has 2 atom stereocenters. The van der Waals surface area contributed by atoms with E-state index in [2.05, 4.69) is 0 Å². The van der Waals surface area contributed by atoms with Crippen LogP contribution in [0.3, 0.4) is 0 Å². The van der Waals surface area contributed by atoms with Gasteiger partial charge in [-0.3, -0.25) is 4.79 Å². The van der Waals surface area contributed by atoms with Crippen LogP contribution in [-0.4, -0.2) is 55.9 Å². The van der Waals surface area contributed by atoms with Crippen LogP contribution in [0.15, 0.2) is 6.07 Å². The summed E-state index contributed by atoms with van der Waals surface area (Å²) in [6.07, 6.45) is 3.78. The van der Waals surface area contributed by atoms with E-state index in [1.165, 1.54) is 33.6 Å². The fraction of sp³-hybridized carbons (Fsp3) is 0.647. The lowest BCUT2D eigenvalue weighted by molar-refractivity contribution is -0.140. The van der Waals surface area contributed by atoms with Gasteiger partial charge < -0.3 is 9.64 Å². The molecule has 6 nitrogen and oxygen atoms in total. The molecule has 1 aromatic rings. The number of likely N-dealkylation sites (N-methyl/N-ethyl adjacent to an activating group) is 1. The smallest absolute Gasteiger partial charge is 0.349 e. The minimum atomic E-state index is -3.07. The second kappa shape index (κ2) is 7.07. The van der Waals surface area contributed by atoms with Gasteiger partial charge in [-0.25, -0.2) is 13.2 Å². The van der Waals surface area contributed by atoms with Crippen LogP contribution in [0.5, 0.6) is 0 Å². The van der Waals surface area contributed by atoms with E-state index in [9.17, 15) is 18.0 Å². The molecule has 0 spiro atoms. The van der Waals surface area contributed by atoms with Gasteiger partial charge >= 0.3 is 5.97 Å². The highest BCUT2D eigenvalue weighted by atomic mass is 32.2. The minimum absolute atomic E-state index is 0.0203. The molecule has 0 bridgehead atoms. The molecule has 1 aliphatic heterocycles. The molecule has 3 rings (SSSR count). The first-order valence-corrected chi connectivity index (χ1v) is 11.2. The number of carbonyl (C=O) groups is 2. The van der Waals surface area contributed by atoms with Crippen molar-refractivity contribution >= 4 is 33.1 Å². The van der Waals surface area contributed by atoms with Crippen molar-refractivity contribution in [3.8, 4) is 0 Å². The van der Waals surface area contributed by atoms with E-state index in [0.717, 1.165) is 25.7 Å². The first kappa shape index (κ1) is 18.4. The van der Waals surface area contributed by atoms with Gasteiger partial charge in [-0.1, -0.05) is 0 Å². The van der Waals surface area contributed by atoms with E-state index in [0.29, 0.717) is 11.3 Å². The van der Waals surface area contributed by atoms with Gasteiger partial charge in [0.1, 0.15) is 4.88 Å². The summed E-state index contributed by atoms with van der Waals surface area (Å²) >= 11 is 1.45. The van der Waals surface area contributed by atoms with Crippen LogP contribution in [0.2, 0.25) is 0 Å². The number of esters is 1. The number of rotatable bonds is 4. The van der Waals surface area contributed by atoms with Crippen molar-refractivity contribution in [2.24, 2.45) is 0 Å². The normalized spacial score (nSPS) is 22.9. The van der Waals surface area contributed by atoms with Gasteiger partial charge in [-0.2, -0.15) is 0 Å². The number of sulfone groups is 1. The molecule has 2 aliphatic rings. The van der Waals surface area contributed by atoms with Crippen LogP contribution in [0.25, 0.3) is 0 Å². The molecular formula is C17H23NO5S2. The Morgan fingerprint density at radius 3 is 2.68 bits per heavy atom. The summed E-state index contributed by atoms with van der Waals surface area (Å²) in [5, 5.41) is 0. The molecule has 1 amide bonds. The first-order chi connectivity index (χ1) is 11.8. The number of fused-ring (bicyclic) bond motifs is 1. The lowest BCUT2D eigenvalue weighted by Gasteiger charge is -2.26. The zero-order valence-corrected chi connectivity index (χ0v) is 16.1. The highest BCUT2D eigenvalue weighted by Crippen LogP contribution is 2.30. The molecular weight excluding hydrogens is 362 g/mol. The molecule has 1 aliphatic carbocycles. The molecule has 0 N–H and O–H groups in total. The molecule has 1 aromatic heterocycles. The first-order valence-electron chi connectivity index (χ1n) is 8.56. The summed E-state index contributed by atoms with van der Waals surface area (Å²) < 4.78 is 28.5. The molecule has 0 radical (unpaired) electrons. The van der Waals surface area contributed by atoms with Crippen molar-refractivity contribution < 1.29 is 22.7 Å². The zero-order chi connectivity index (χ0) is 18.2. The number of nitrogens with zero attached hydrogens (tertiary/aromatic N) is 1. The fourth-order valence-corrected chi connectivity index (χ4v) is 6.32. The SMILES string of the molecule is C[C@@H](OC(=O)c1cc2c(s1)CCCC2)C(=O)N(C)[C@@H]1CCS(=O)(=O)C1. The summed E-state index contributed by atoms with van der Waals surface area (Å²) in [4.78, 5) is 28.0. The third-order valence-corrected chi connectivity index (χ3v) is 7.90. The van der Waals surface area contributed by atoms with Crippen molar-refractivity contribution in [2.45, 2.75) is 51.2 Å². The topological polar surface area (TPSA) is 80.8 Å². The van der Waals surface area contributed by atoms with Crippen molar-refractivity contribution in [3.63, 3.8) is 0 Å². The summed E-state index contributed by atoms with van der Waals surface area (Å²) in [7, 11) is -1.50. The second-order valence-electron chi connectivity index (χ2n) is 6.82. The van der Waals surface area contributed by atoms with Crippen LogP contribution in [0.4, 0.5) is 0 Å². The van der Waals surface area contributed by atoms with Crippen molar-refractivity contribution in [2.75, 3.05) is 18.6 Å².